The summed E-state index contributed by atoms with van der Waals surface area (Å²) < 4.78 is 36.1. The Morgan fingerprint density at radius 2 is 0.917 bits per heavy atom. The number of hydrogen-bond donors (Lipinski definition) is 0. The summed E-state index contributed by atoms with van der Waals surface area (Å²) in [4.78, 5) is 0. The van der Waals surface area contributed by atoms with Gasteiger partial charge < -0.3 is 28.4 Å². The van der Waals surface area contributed by atoms with E-state index in [1.165, 1.54) is 0 Å². The molecule has 0 bridgehead atoms. The summed E-state index contributed by atoms with van der Waals surface area (Å²) in [6.07, 6.45) is -1.26. The van der Waals surface area contributed by atoms with Gasteiger partial charge in [-0.2, -0.15) is 0 Å². The molecule has 0 N–H and O–H groups in total. The molecule has 0 aromatic heterocycles. The minimum atomic E-state index is -0.247. The largest absolute Gasteiger partial charge is 0.350 e. The molecule has 0 aromatic rings. The van der Waals surface area contributed by atoms with Crippen molar-refractivity contribution in [2.75, 3.05) is 13.2 Å². The second-order valence-corrected chi connectivity index (χ2v) is 8.05. The summed E-state index contributed by atoms with van der Waals surface area (Å²) in [5.74, 6) is 0.894. The fourth-order valence-corrected chi connectivity index (χ4v) is 3.33. The van der Waals surface area contributed by atoms with Crippen LogP contribution in [0.15, 0.2) is 0 Å². The van der Waals surface area contributed by atoms with Crippen molar-refractivity contribution >= 4 is 0 Å². The van der Waals surface area contributed by atoms with Gasteiger partial charge in [0.25, 0.3) is 0 Å². The van der Waals surface area contributed by atoms with E-state index in [-0.39, 0.29) is 49.2 Å². The Morgan fingerprint density at radius 1 is 0.542 bits per heavy atom. The first-order valence-corrected chi connectivity index (χ1v) is 9.21. The van der Waals surface area contributed by atoms with E-state index in [4.69, 9.17) is 28.4 Å². The molecule has 3 rings (SSSR count). The van der Waals surface area contributed by atoms with Gasteiger partial charge in [-0.25, -0.2) is 0 Å². The van der Waals surface area contributed by atoms with Crippen LogP contribution in [-0.2, 0) is 28.4 Å². The van der Waals surface area contributed by atoms with Crippen LogP contribution in [0, 0.1) is 17.8 Å². The maximum Gasteiger partial charge on any atom is 0.161 e. The highest BCUT2D eigenvalue weighted by molar-refractivity contribution is 4.93. The summed E-state index contributed by atoms with van der Waals surface area (Å²) in [6.45, 7) is 13.6. The van der Waals surface area contributed by atoms with Crippen molar-refractivity contribution < 1.29 is 28.4 Å². The maximum atomic E-state index is 6.19. The Kier molecular flexibility index (Phi) is 5.84. The Bertz CT molecular complexity index is 378. The number of hydrogen-bond acceptors (Lipinski definition) is 6. The van der Waals surface area contributed by atoms with Gasteiger partial charge in [-0.15, -0.1) is 0 Å². The lowest BCUT2D eigenvalue weighted by molar-refractivity contribution is -0.129. The molecule has 0 radical (unpaired) electrons. The quantitative estimate of drug-likeness (QED) is 0.764. The second-order valence-electron chi connectivity index (χ2n) is 8.05. The Labute approximate surface area is 145 Å². The zero-order valence-corrected chi connectivity index (χ0v) is 15.6. The molecular formula is C18H32O6. The van der Waals surface area contributed by atoms with Crippen molar-refractivity contribution in [2.45, 2.75) is 84.8 Å². The molecule has 3 aliphatic rings. The van der Waals surface area contributed by atoms with Crippen LogP contribution in [0.3, 0.4) is 0 Å². The predicted octanol–water partition coefficient (Wildman–Crippen LogP) is 2.55. The summed E-state index contributed by atoms with van der Waals surface area (Å²) in [5, 5.41) is 0. The monoisotopic (exact) mass is 344 g/mol. The van der Waals surface area contributed by atoms with Crippen molar-refractivity contribution in [3.63, 3.8) is 0 Å². The van der Waals surface area contributed by atoms with E-state index in [1.807, 2.05) is 0 Å². The fraction of sp³-hybridized carbons (Fsp3) is 1.00. The van der Waals surface area contributed by atoms with E-state index in [0.717, 1.165) is 0 Å². The Hall–Kier alpha value is -0.240. The first-order valence-electron chi connectivity index (χ1n) is 9.21. The number of ether oxygens (including phenoxy) is 6. The molecule has 7 atom stereocenters. The summed E-state index contributed by atoms with van der Waals surface area (Å²) in [6, 6.07) is 0. The summed E-state index contributed by atoms with van der Waals surface area (Å²) >= 11 is 0. The van der Waals surface area contributed by atoms with E-state index in [9.17, 15) is 0 Å². The van der Waals surface area contributed by atoms with Gasteiger partial charge in [-0.3, -0.25) is 0 Å². The zero-order valence-electron chi connectivity index (χ0n) is 15.6. The van der Waals surface area contributed by atoms with Crippen LogP contribution >= 0.6 is 0 Å². The van der Waals surface area contributed by atoms with Gasteiger partial charge in [-0.05, 0) is 0 Å². The molecule has 6 heteroatoms. The third-order valence-corrected chi connectivity index (χ3v) is 4.74. The van der Waals surface area contributed by atoms with Crippen LogP contribution in [0.1, 0.15) is 41.5 Å². The topological polar surface area (TPSA) is 55.4 Å². The third-order valence-electron chi connectivity index (χ3n) is 4.74. The van der Waals surface area contributed by atoms with Gasteiger partial charge in [0.1, 0.15) is 24.4 Å². The highest BCUT2D eigenvalue weighted by Gasteiger charge is 2.51. The SMILES string of the molecule is CC(C)C1O[C@@H]([C@H]2CO[C@@H](C(C)C)O2)[C@@H]([C@H]2CO[C@H](C(C)C)O2)O1. The van der Waals surface area contributed by atoms with Crippen LogP contribution in [0.5, 0.6) is 0 Å². The Balaban J connectivity index is 1.68. The molecule has 6 nitrogen and oxygen atoms in total. The molecule has 0 spiro atoms. The average molecular weight is 344 g/mol. The molecule has 0 saturated carbocycles. The fourth-order valence-electron chi connectivity index (χ4n) is 3.33. The molecule has 24 heavy (non-hydrogen) atoms. The van der Waals surface area contributed by atoms with Crippen LogP contribution in [0.25, 0.3) is 0 Å². The van der Waals surface area contributed by atoms with Crippen LogP contribution in [-0.4, -0.2) is 56.5 Å². The highest BCUT2D eigenvalue weighted by Crippen LogP contribution is 2.36. The van der Waals surface area contributed by atoms with E-state index < -0.39 is 0 Å². The van der Waals surface area contributed by atoms with E-state index in [2.05, 4.69) is 41.5 Å². The van der Waals surface area contributed by atoms with Crippen molar-refractivity contribution in [2.24, 2.45) is 17.8 Å². The molecule has 0 aliphatic carbocycles. The molecule has 3 saturated heterocycles. The van der Waals surface area contributed by atoms with Crippen molar-refractivity contribution in [3.8, 4) is 0 Å². The van der Waals surface area contributed by atoms with Gasteiger partial charge in [0, 0.05) is 17.8 Å². The molecule has 1 unspecified atom stereocenters. The van der Waals surface area contributed by atoms with Gasteiger partial charge in [0.2, 0.25) is 0 Å². The van der Waals surface area contributed by atoms with E-state index >= 15 is 0 Å². The molecule has 0 aromatic carbocycles. The normalized spacial score (nSPS) is 43.6. The Morgan fingerprint density at radius 3 is 1.21 bits per heavy atom. The minimum absolute atomic E-state index is 0.132. The smallest absolute Gasteiger partial charge is 0.161 e. The van der Waals surface area contributed by atoms with Gasteiger partial charge in [-0.1, -0.05) is 41.5 Å². The van der Waals surface area contributed by atoms with Gasteiger partial charge in [0.05, 0.1) is 13.2 Å². The maximum absolute atomic E-state index is 6.19. The number of rotatable bonds is 5. The first kappa shape index (κ1) is 18.5. The lowest BCUT2D eigenvalue weighted by Gasteiger charge is -2.25. The first-order chi connectivity index (χ1) is 11.4. The molecule has 3 aliphatic heterocycles. The average Bonchev–Trinajstić information content (AvgIpc) is 3.24. The molecule has 0 amide bonds. The lowest BCUT2D eigenvalue weighted by atomic mass is 10.0. The van der Waals surface area contributed by atoms with E-state index in [0.29, 0.717) is 25.0 Å². The van der Waals surface area contributed by atoms with Crippen molar-refractivity contribution in [3.05, 3.63) is 0 Å². The standard InChI is InChI=1S/C18H32O6/c1-9(2)16-19-7-12(21-16)14-15(24-18(23-14)11(5)6)13-8-20-17(22-13)10(3)4/h9-18H,7-8H2,1-6H3/t12-,13-,14-,15+,16+,17-,18?/m1/s1. The molecule has 3 heterocycles. The molecule has 3 fully saturated rings. The van der Waals surface area contributed by atoms with Gasteiger partial charge >= 0.3 is 0 Å². The van der Waals surface area contributed by atoms with Crippen molar-refractivity contribution in [1.29, 1.82) is 0 Å². The van der Waals surface area contributed by atoms with Gasteiger partial charge in [0.15, 0.2) is 18.9 Å². The van der Waals surface area contributed by atoms with Crippen LogP contribution < -0.4 is 0 Å². The lowest BCUT2D eigenvalue weighted by Crippen LogP contribution is -2.44. The molecular weight excluding hydrogens is 312 g/mol. The van der Waals surface area contributed by atoms with Crippen LogP contribution in [0.2, 0.25) is 0 Å². The van der Waals surface area contributed by atoms with Crippen LogP contribution in [0.4, 0.5) is 0 Å². The predicted molar refractivity (Wildman–Crippen MR) is 87.3 cm³/mol. The minimum Gasteiger partial charge on any atom is -0.350 e. The summed E-state index contributed by atoms with van der Waals surface area (Å²) in [5.41, 5.74) is 0. The third kappa shape index (κ3) is 3.79. The zero-order chi connectivity index (χ0) is 17.4. The summed E-state index contributed by atoms with van der Waals surface area (Å²) in [7, 11) is 0. The molecule has 140 valence electrons. The second kappa shape index (κ2) is 7.56. The van der Waals surface area contributed by atoms with E-state index in [1.54, 1.807) is 0 Å². The van der Waals surface area contributed by atoms with Crippen molar-refractivity contribution in [1.82, 2.24) is 0 Å². The highest BCUT2D eigenvalue weighted by atomic mass is 16.8.